The standard InChI is InChI=1S/C23H25ClN4O5S/c1-23(16-8-4-2-5-9-16)21(30)28(22(31)26-23)15-20(29)25-17-10-11-18(24)19(14-17)34(32,33)27-12-6-3-7-13-27/h2,4-5,8-11,14H,3,6-7,12-13,15H2,1H3,(H,25,29)(H,26,31)/t23-/m1/s1. The van der Waals surface area contributed by atoms with Gasteiger partial charge in [0.25, 0.3) is 5.91 Å². The highest BCUT2D eigenvalue weighted by molar-refractivity contribution is 7.89. The number of anilines is 1. The smallest absolute Gasteiger partial charge is 0.324 e. The van der Waals surface area contributed by atoms with Gasteiger partial charge in [-0.25, -0.2) is 13.2 Å². The predicted molar refractivity (Wildman–Crippen MR) is 127 cm³/mol. The normalized spacial score (nSPS) is 21.4. The number of hydrogen-bond donors (Lipinski definition) is 2. The average Bonchev–Trinajstić information content (AvgIpc) is 3.05. The Morgan fingerprint density at radius 2 is 1.76 bits per heavy atom. The molecule has 0 spiro atoms. The second-order valence-corrected chi connectivity index (χ2v) is 10.8. The van der Waals surface area contributed by atoms with E-state index >= 15 is 0 Å². The number of halogens is 1. The average molecular weight is 505 g/mol. The molecule has 2 N–H and O–H groups in total. The number of nitrogens with zero attached hydrogens (tertiary/aromatic N) is 2. The summed E-state index contributed by atoms with van der Waals surface area (Å²) in [6, 6.07) is 12.2. The van der Waals surface area contributed by atoms with E-state index < -0.39 is 40.0 Å². The van der Waals surface area contributed by atoms with E-state index in [1.807, 2.05) is 0 Å². The molecule has 2 fully saturated rings. The maximum absolute atomic E-state index is 13.0. The van der Waals surface area contributed by atoms with Crippen LogP contribution >= 0.6 is 11.6 Å². The monoisotopic (exact) mass is 504 g/mol. The van der Waals surface area contributed by atoms with Gasteiger partial charge in [-0.05, 0) is 43.5 Å². The first-order chi connectivity index (χ1) is 16.1. The second kappa shape index (κ2) is 9.36. The van der Waals surface area contributed by atoms with E-state index in [4.69, 9.17) is 11.6 Å². The van der Waals surface area contributed by atoms with E-state index in [1.54, 1.807) is 37.3 Å². The van der Waals surface area contributed by atoms with Crippen molar-refractivity contribution in [2.45, 2.75) is 36.6 Å². The molecule has 1 atom stereocenters. The number of sulfonamides is 1. The molecule has 2 aromatic rings. The van der Waals surface area contributed by atoms with E-state index in [0.717, 1.165) is 24.2 Å². The van der Waals surface area contributed by atoms with Gasteiger partial charge in [0.1, 0.15) is 17.0 Å². The first-order valence-electron chi connectivity index (χ1n) is 10.9. The number of piperidine rings is 1. The molecule has 2 aliphatic rings. The SMILES string of the molecule is C[C@]1(c2ccccc2)NC(=O)N(CC(=O)Nc2ccc(Cl)c(S(=O)(=O)N3CCCCC3)c2)C1=O. The predicted octanol–water partition coefficient (Wildman–Crippen LogP) is 2.92. The molecule has 0 bridgehead atoms. The largest absolute Gasteiger partial charge is 0.325 e. The lowest BCUT2D eigenvalue weighted by Gasteiger charge is -2.26. The number of benzene rings is 2. The number of urea groups is 1. The highest BCUT2D eigenvalue weighted by atomic mass is 35.5. The topological polar surface area (TPSA) is 116 Å². The second-order valence-electron chi connectivity index (χ2n) is 8.47. The minimum absolute atomic E-state index is 0.0521. The third-order valence-electron chi connectivity index (χ3n) is 6.08. The van der Waals surface area contributed by atoms with Crippen LogP contribution in [-0.4, -0.2) is 55.1 Å². The number of rotatable bonds is 6. The van der Waals surface area contributed by atoms with Gasteiger partial charge in [0.05, 0.1) is 5.02 Å². The maximum Gasteiger partial charge on any atom is 0.325 e. The van der Waals surface area contributed by atoms with E-state index in [1.165, 1.54) is 22.5 Å². The lowest BCUT2D eigenvalue weighted by Crippen LogP contribution is -2.42. The first kappa shape index (κ1) is 24.2. The van der Waals surface area contributed by atoms with Gasteiger partial charge < -0.3 is 10.6 Å². The molecule has 0 aromatic heterocycles. The van der Waals surface area contributed by atoms with Crippen molar-refractivity contribution in [2.75, 3.05) is 25.0 Å². The minimum Gasteiger partial charge on any atom is -0.324 e. The molecule has 0 saturated carbocycles. The molecule has 2 heterocycles. The summed E-state index contributed by atoms with van der Waals surface area (Å²) in [7, 11) is -3.82. The Labute approximate surface area is 203 Å². The highest BCUT2D eigenvalue weighted by Crippen LogP contribution is 2.30. The third kappa shape index (κ3) is 4.53. The van der Waals surface area contributed by atoms with Crippen LogP contribution in [0.1, 0.15) is 31.7 Å². The van der Waals surface area contributed by atoms with Crippen molar-refractivity contribution < 1.29 is 22.8 Å². The lowest BCUT2D eigenvalue weighted by molar-refractivity contribution is -0.133. The summed E-state index contributed by atoms with van der Waals surface area (Å²) in [4.78, 5) is 38.9. The Hall–Kier alpha value is -2.95. The summed E-state index contributed by atoms with van der Waals surface area (Å²) in [5.41, 5.74) is -0.487. The van der Waals surface area contributed by atoms with Crippen molar-refractivity contribution in [1.29, 1.82) is 0 Å². The summed E-state index contributed by atoms with van der Waals surface area (Å²) in [6.45, 7) is 1.89. The third-order valence-corrected chi connectivity index (χ3v) is 8.46. The Morgan fingerprint density at radius 1 is 1.09 bits per heavy atom. The van der Waals surface area contributed by atoms with Gasteiger partial charge in [-0.1, -0.05) is 48.4 Å². The number of carbonyl (C=O) groups is 3. The van der Waals surface area contributed by atoms with Gasteiger partial charge in [0, 0.05) is 18.8 Å². The molecule has 180 valence electrons. The van der Waals surface area contributed by atoms with Crippen molar-refractivity contribution in [3.05, 3.63) is 59.1 Å². The summed E-state index contributed by atoms with van der Waals surface area (Å²) >= 11 is 6.18. The Bertz CT molecular complexity index is 1230. The zero-order valence-corrected chi connectivity index (χ0v) is 20.2. The van der Waals surface area contributed by atoms with Crippen LogP contribution in [0.3, 0.4) is 0 Å². The fourth-order valence-electron chi connectivity index (χ4n) is 4.17. The van der Waals surface area contributed by atoms with Crippen LogP contribution in [0.15, 0.2) is 53.4 Å². The zero-order valence-electron chi connectivity index (χ0n) is 18.6. The lowest BCUT2D eigenvalue weighted by atomic mass is 9.92. The molecule has 11 heteroatoms. The molecule has 9 nitrogen and oxygen atoms in total. The van der Waals surface area contributed by atoms with Crippen LogP contribution in [0.2, 0.25) is 5.02 Å². The van der Waals surface area contributed by atoms with Gasteiger partial charge in [-0.15, -0.1) is 0 Å². The van der Waals surface area contributed by atoms with E-state index in [9.17, 15) is 22.8 Å². The van der Waals surface area contributed by atoms with Crippen LogP contribution < -0.4 is 10.6 Å². The number of nitrogens with one attached hydrogen (secondary N) is 2. The molecule has 0 aliphatic carbocycles. The summed E-state index contributed by atoms with van der Waals surface area (Å²) in [5.74, 6) is -1.20. The Kier molecular flexibility index (Phi) is 6.66. The Balaban J connectivity index is 1.49. The van der Waals surface area contributed by atoms with E-state index in [2.05, 4.69) is 10.6 Å². The molecule has 4 amide bonds. The molecule has 0 unspecified atom stereocenters. The number of imide groups is 1. The van der Waals surface area contributed by atoms with Crippen molar-refractivity contribution in [2.24, 2.45) is 0 Å². The maximum atomic E-state index is 13.0. The van der Waals surface area contributed by atoms with Crippen LogP contribution in [0.25, 0.3) is 0 Å². The van der Waals surface area contributed by atoms with Gasteiger partial charge in [-0.2, -0.15) is 4.31 Å². The number of hydrogen-bond acceptors (Lipinski definition) is 5. The molecule has 0 radical (unpaired) electrons. The molecule has 4 rings (SSSR count). The quantitative estimate of drug-likeness (QED) is 0.587. The minimum atomic E-state index is -3.82. The summed E-state index contributed by atoms with van der Waals surface area (Å²) in [6.07, 6.45) is 2.53. The molecular formula is C23H25ClN4O5S. The number of amides is 4. The van der Waals surface area contributed by atoms with Crippen LogP contribution in [0.4, 0.5) is 10.5 Å². The van der Waals surface area contributed by atoms with Crippen LogP contribution in [-0.2, 0) is 25.2 Å². The summed E-state index contributed by atoms with van der Waals surface area (Å²) in [5, 5.41) is 5.26. The molecule has 2 aliphatic heterocycles. The van der Waals surface area contributed by atoms with Crippen molar-refractivity contribution in [3.63, 3.8) is 0 Å². The highest BCUT2D eigenvalue weighted by Gasteiger charge is 2.49. The zero-order chi connectivity index (χ0) is 24.5. The fourth-order valence-corrected chi connectivity index (χ4v) is 6.19. The van der Waals surface area contributed by atoms with Crippen LogP contribution in [0.5, 0.6) is 0 Å². The Morgan fingerprint density at radius 3 is 2.44 bits per heavy atom. The molecule has 2 saturated heterocycles. The van der Waals surface area contributed by atoms with Gasteiger partial charge >= 0.3 is 6.03 Å². The fraction of sp³-hybridized carbons (Fsp3) is 0.348. The molecular weight excluding hydrogens is 480 g/mol. The molecule has 2 aromatic carbocycles. The molecule has 34 heavy (non-hydrogen) atoms. The van der Waals surface area contributed by atoms with Crippen LogP contribution in [0, 0.1) is 0 Å². The number of carbonyl (C=O) groups excluding carboxylic acids is 3. The van der Waals surface area contributed by atoms with E-state index in [-0.39, 0.29) is 15.6 Å². The summed E-state index contributed by atoms with van der Waals surface area (Å²) < 4.78 is 27.5. The van der Waals surface area contributed by atoms with Crippen molar-refractivity contribution in [1.82, 2.24) is 14.5 Å². The first-order valence-corrected chi connectivity index (χ1v) is 12.7. The van der Waals surface area contributed by atoms with Crippen molar-refractivity contribution >= 4 is 45.2 Å². The van der Waals surface area contributed by atoms with Gasteiger partial charge in [0.2, 0.25) is 15.9 Å². The van der Waals surface area contributed by atoms with Gasteiger partial charge in [0.15, 0.2) is 0 Å². The van der Waals surface area contributed by atoms with Crippen molar-refractivity contribution in [3.8, 4) is 0 Å². The van der Waals surface area contributed by atoms with Gasteiger partial charge in [-0.3, -0.25) is 14.5 Å². The van der Waals surface area contributed by atoms with E-state index in [0.29, 0.717) is 18.7 Å².